The van der Waals surface area contributed by atoms with Crippen LogP contribution in [0.4, 0.5) is 10.1 Å². The summed E-state index contributed by atoms with van der Waals surface area (Å²) >= 11 is 3.05. The molecule has 0 amide bonds. The van der Waals surface area contributed by atoms with Crippen LogP contribution in [-0.2, 0) is 6.54 Å². The van der Waals surface area contributed by atoms with Crippen molar-refractivity contribution in [3.8, 4) is 0 Å². The van der Waals surface area contributed by atoms with Crippen molar-refractivity contribution >= 4 is 21.6 Å². The number of benzene rings is 1. The number of hydrogen-bond acceptors (Lipinski definition) is 4. The molecule has 0 aliphatic carbocycles. The lowest BCUT2D eigenvalue weighted by molar-refractivity contribution is -0.387. The van der Waals surface area contributed by atoms with E-state index in [1.54, 1.807) is 0 Å². The van der Waals surface area contributed by atoms with E-state index >= 15 is 0 Å². The molecule has 2 rings (SSSR count). The largest absolute Gasteiger partial charge is 0.304 e. The van der Waals surface area contributed by atoms with Crippen LogP contribution in [0.2, 0.25) is 0 Å². The minimum atomic E-state index is -0.932. The highest BCUT2D eigenvalue weighted by Crippen LogP contribution is 2.18. The van der Waals surface area contributed by atoms with Gasteiger partial charge in [-0.2, -0.15) is 4.39 Å². The molecular weight excluding hydrogens is 321 g/mol. The molecule has 8 heteroatoms. The van der Waals surface area contributed by atoms with E-state index in [1.165, 1.54) is 23.2 Å². The lowest BCUT2D eigenvalue weighted by atomic mass is 10.2. The summed E-state index contributed by atoms with van der Waals surface area (Å²) < 4.78 is 15.0. The summed E-state index contributed by atoms with van der Waals surface area (Å²) in [7, 11) is 0. The molecule has 1 aromatic heterocycles. The minimum absolute atomic E-state index is 0.0835. The first-order valence-electron chi connectivity index (χ1n) is 5.12. The molecule has 0 radical (unpaired) electrons. The van der Waals surface area contributed by atoms with Gasteiger partial charge in [-0.05, 0) is 27.6 Å². The van der Waals surface area contributed by atoms with Gasteiger partial charge in [-0.3, -0.25) is 19.5 Å². The molecule has 0 aliphatic rings. The van der Waals surface area contributed by atoms with Crippen LogP contribution < -0.4 is 5.56 Å². The van der Waals surface area contributed by atoms with Gasteiger partial charge in [0.2, 0.25) is 5.82 Å². The van der Waals surface area contributed by atoms with E-state index < -0.39 is 16.4 Å². The monoisotopic (exact) mass is 327 g/mol. The topological polar surface area (TPSA) is 78.0 Å². The highest BCUT2D eigenvalue weighted by Gasteiger charge is 2.14. The Balaban J connectivity index is 2.34. The molecule has 98 valence electrons. The van der Waals surface area contributed by atoms with E-state index in [1.807, 2.05) is 0 Å². The molecule has 1 heterocycles. The molecule has 0 bridgehead atoms. The Morgan fingerprint density at radius 3 is 2.84 bits per heavy atom. The minimum Gasteiger partial charge on any atom is -0.294 e. The van der Waals surface area contributed by atoms with Crippen LogP contribution in [0.1, 0.15) is 5.56 Å². The zero-order valence-electron chi connectivity index (χ0n) is 9.42. The molecule has 0 unspecified atom stereocenters. The quantitative estimate of drug-likeness (QED) is 0.638. The van der Waals surface area contributed by atoms with Gasteiger partial charge in [0.1, 0.15) is 4.47 Å². The van der Waals surface area contributed by atoms with Gasteiger partial charge in [-0.25, -0.2) is 4.98 Å². The number of nitrogens with zero attached hydrogens (tertiary/aromatic N) is 3. The fourth-order valence-corrected chi connectivity index (χ4v) is 1.88. The summed E-state index contributed by atoms with van der Waals surface area (Å²) in [6.45, 7) is 0.0835. The van der Waals surface area contributed by atoms with Crippen LogP contribution in [0, 0.1) is 15.9 Å². The maximum Gasteiger partial charge on any atom is 0.304 e. The summed E-state index contributed by atoms with van der Waals surface area (Å²) in [5.74, 6) is -0.932. The molecule has 0 fully saturated rings. The van der Waals surface area contributed by atoms with Crippen molar-refractivity contribution in [1.82, 2.24) is 9.55 Å². The summed E-state index contributed by atoms with van der Waals surface area (Å²) in [6.07, 6.45) is 2.67. The van der Waals surface area contributed by atoms with Crippen molar-refractivity contribution in [2.75, 3.05) is 0 Å². The number of rotatable bonds is 3. The molecule has 0 N–H and O–H groups in total. The first-order valence-corrected chi connectivity index (χ1v) is 5.91. The van der Waals surface area contributed by atoms with E-state index in [2.05, 4.69) is 20.9 Å². The van der Waals surface area contributed by atoms with Crippen LogP contribution in [0.5, 0.6) is 0 Å². The zero-order chi connectivity index (χ0) is 14.0. The summed E-state index contributed by atoms with van der Waals surface area (Å²) in [6, 6.07) is 3.50. The Morgan fingerprint density at radius 2 is 2.21 bits per heavy atom. The third-order valence-corrected chi connectivity index (χ3v) is 2.96. The predicted octanol–water partition coefficient (Wildman–Crippen LogP) is 2.10. The number of aromatic nitrogens is 2. The first kappa shape index (κ1) is 13.3. The van der Waals surface area contributed by atoms with E-state index in [4.69, 9.17) is 0 Å². The molecule has 0 saturated carbocycles. The SMILES string of the molecule is O=c1c(Br)cncn1Cc1ccc([N+](=O)[O-])c(F)c1. The Hall–Kier alpha value is -2.09. The predicted molar refractivity (Wildman–Crippen MR) is 68.4 cm³/mol. The molecule has 19 heavy (non-hydrogen) atoms. The van der Waals surface area contributed by atoms with Crippen molar-refractivity contribution in [1.29, 1.82) is 0 Å². The van der Waals surface area contributed by atoms with Crippen LogP contribution in [0.15, 0.2) is 40.0 Å². The molecule has 0 saturated heterocycles. The molecule has 2 aromatic rings. The number of hydrogen-bond donors (Lipinski definition) is 0. The van der Waals surface area contributed by atoms with Gasteiger partial charge < -0.3 is 0 Å². The van der Waals surface area contributed by atoms with Crippen molar-refractivity contribution < 1.29 is 9.31 Å². The van der Waals surface area contributed by atoms with Gasteiger partial charge in [-0.1, -0.05) is 6.07 Å². The van der Waals surface area contributed by atoms with Crippen molar-refractivity contribution in [2.24, 2.45) is 0 Å². The zero-order valence-corrected chi connectivity index (χ0v) is 11.0. The normalized spacial score (nSPS) is 10.4. The third-order valence-electron chi connectivity index (χ3n) is 2.42. The Kier molecular flexibility index (Phi) is 3.70. The van der Waals surface area contributed by atoms with Crippen molar-refractivity contribution in [3.63, 3.8) is 0 Å². The van der Waals surface area contributed by atoms with Gasteiger partial charge in [0, 0.05) is 12.3 Å². The van der Waals surface area contributed by atoms with Crippen LogP contribution in [0.25, 0.3) is 0 Å². The van der Waals surface area contributed by atoms with Gasteiger partial charge in [0.25, 0.3) is 5.56 Å². The highest BCUT2D eigenvalue weighted by molar-refractivity contribution is 9.10. The number of halogens is 2. The Bertz CT molecular complexity index is 702. The van der Waals surface area contributed by atoms with Crippen LogP contribution >= 0.6 is 15.9 Å². The Labute approximate surface area is 114 Å². The van der Waals surface area contributed by atoms with E-state index in [9.17, 15) is 19.3 Å². The maximum absolute atomic E-state index is 13.4. The van der Waals surface area contributed by atoms with Crippen molar-refractivity contribution in [2.45, 2.75) is 6.54 Å². The third kappa shape index (κ3) is 2.84. The van der Waals surface area contributed by atoms with Gasteiger partial charge in [0.15, 0.2) is 0 Å². The molecule has 0 spiro atoms. The molecular formula is C11H7BrFN3O3. The average Bonchev–Trinajstić information content (AvgIpc) is 2.34. The van der Waals surface area contributed by atoms with Crippen molar-refractivity contribution in [3.05, 3.63) is 67.0 Å². The van der Waals surface area contributed by atoms with Crippen LogP contribution in [-0.4, -0.2) is 14.5 Å². The highest BCUT2D eigenvalue weighted by atomic mass is 79.9. The van der Waals surface area contributed by atoms with Crippen LogP contribution in [0.3, 0.4) is 0 Å². The van der Waals surface area contributed by atoms with Gasteiger partial charge in [0.05, 0.1) is 17.8 Å². The molecule has 0 aliphatic heterocycles. The lowest BCUT2D eigenvalue weighted by Crippen LogP contribution is -2.21. The Morgan fingerprint density at radius 1 is 1.47 bits per heavy atom. The maximum atomic E-state index is 13.4. The average molecular weight is 328 g/mol. The molecule has 1 aromatic carbocycles. The fraction of sp³-hybridized carbons (Fsp3) is 0.0909. The number of nitro benzene ring substituents is 1. The van der Waals surface area contributed by atoms with Gasteiger partial charge in [-0.15, -0.1) is 0 Å². The standard InChI is InChI=1S/C11H7BrFN3O3/c12-8-4-14-6-15(11(8)17)5-7-1-2-10(16(18)19)9(13)3-7/h1-4,6H,5H2. The van der Waals surface area contributed by atoms with E-state index in [0.717, 1.165) is 12.1 Å². The summed E-state index contributed by atoms with van der Waals surface area (Å²) in [5.41, 5.74) is -0.470. The summed E-state index contributed by atoms with van der Waals surface area (Å²) in [4.78, 5) is 25.2. The summed E-state index contributed by atoms with van der Waals surface area (Å²) in [5, 5.41) is 10.5. The molecule has 0 atom stereocenters. The second-order valence-corrected chi connectivity index (χ2v) is 4.57. The van der Waals surface area contributed by atoms with E-state index in [-0.39, 0.29) is 16.6 Å². The van der Waals surface area contributed by atoms with Gasteiger partial charge >= 0.3 is 5.69 Å². The molecule has 6 nitrogen and oxygen atoms in total. The smallest absolute Gasteiger partial charge is 0.294 e. The second kappa shape index (κ2) is 5.27. The second-order valence-electron chi connectivity index (χ2n) is 3.72. The first-order chi connectivity index (χ1) is 8.99. The lowest BCUT2D eigenvalue weighted by Gasteiger charge is -2.05. The fourth-order valence-electron chi connectivity index (χ4n) is 1.53. The van der Waals surface area contributed by atoms with E-state index in [0.29, 0.717) is 5.56 Å². The number of nitro groups is 1.